The number of rotatable bonds is 6. The van der Waals surface area contributed by atoms with E-state index in [4.69, 9.17) is 10.5 Å². The second-order valence-corrected chi connectivity index (χ2v) is 4.72. The molecular weight excluding hydrogens is 228 g/mol. The minimum absolute atomic E-state index is 0.195. The maximum absolute atomic E-state index is 11.8. The van der Waals surface area contributed by atoms with Gasteiger partial charge in [0.1, 0.15) is 0 Å². The molecule has 4 heteroatoms. The van der Waals surface area contributed by atoms with E-state index in [1.54, 1.807) is 6.07 Å². The predicted octanol–water partition coefficient (Wildman–Crippen LogP) is 1.87. The number of hydrogen-bond acceptors (Lipinski definition) is 4. The smallest absolute Gasteiger partial charge is 0.313 e. The Morgan fingerprint density at radius 2 is 2.17 bits per heavy atom. The van der Waals surface area contributed by atoms with Crippen LogP contribution in [0.4, 0.5) is 5.69 Å². The average Bonchev–Trinajstić information content (AvgIpc) is 2.33. The van der Waals surface area contributed by atoms with Crippen molar-refractivity contribution in [3.63, 3.8) is 0 Å². The first-order chi connectivity index (χ1) is 8.50. The minimum atomic E-state index is -0.271. The van der Waals surface area contributed by atoms with Gasteiger partial charge < -0.3 is 15.4 Å². The molecule has 1 aromatic rings. The Morgan fingerprint density at radius 1 is 1.44 bits per heavy atom. The number of esters is 1. The van der Waals surface area contributed by atoms with E-state index < -0.39 is 0 Å². The number of nitrogens with two attached hydrogens (primary N) is 1. The van der Waals surface area contributed by atoms with Crippen molar-refractivity contribution in [3.05, 3.63) is 29.8 Å². The van der Waals surface area contributed by atoms with Crippen LogP contribution in [0.25, 0.3) is 0 Å². The maximum atomic E-state index is 11.8. The topological polar surface area (TPSA) is 55.6 Å². The molecular formula is C14H22N2O2. The zero-order chi connectivity index (χ0) is 13.5. The van der Waals surface area contributed by atoms with E-state index in [2.05, 4.69) is 4.90 Å². The maximum Gasteiger partial charge on any atom is 0.313 e. The molecule has 1 aromatic carbocycles. The van der Waals surface area contributed by atoms with Crippen LogP contribution in [0.15, 0.2) is 24.3 Å². The lowest BCUT2D eigenvalue weighted by molar-refractivity contribution is -0.145. The summed E-state index contributed by atoms with van der Waals surface area (Å²) in [6, 6.07) is 7.35. The standard InChI is InChI=1S/C14H22N2O2/c1-11(12-6-4-7-13(15)10-12)14(17)18-9-5-8-16(2)3/h4,6-7,10-11H,5,8-9,15H2,1-3H3. The molecule has 0 amide bonds. The Kier molecular flexibility index (Phi) is 5.65. The van der Waals surface area contributed by atoms with Crippen LogP contribution in [0.1, 0.15) is 24.8 Å². The van der Waals surface area contributed by atoms with Crippen LogP contribution >= 0.6 is 0 Å². The summed E-state index contributed by atoms with van der Waals surface area (Å²) in [7, 11) is 3.99. The van der Waals surface area contributed by atoms with E-state index in [9.17, 15) is 4.79 Å². The van der Waals surface area contributed by atoms with Crippen molar-refractivity contribution in [1.29, 1.82) is 0 Å². The number of hydrogen-bond donors (Lipinski definition) is 1. The van der Waals surface area contributed by atoms with Gasteiger partial charge in [0, 0.05) is 12.2 Å². The summed E-state index contributed by atoms with van der Waals surface area (Å²) in [5.74, 6) is -0.466. The third kappa shape index (κ3) is 4.75. The van der Waals surface area contributed by atoms with Crippen LogP contribution in [0.5, 0.6) is 0 Å². The largest absolute Gasteiger partial charge is 0.465 e. The van der Waals surface area contributed by atoms with Gasteiger partial charge in [-0.2, -0.15) is 0 Å². The lowest BCUT2D eigenvalue weighted by atomic mass is 10.0. The number of carbonyl (C=O) groups excluding carboxylic acids is 1. The molecule has 0 saturated heterocycles. The van der Waals surface area contributed by atoms with Crippen LogP contribution in [0.3, 0.4) is 0 Å². The van der Waals surface area contributed by atoms with Gasteiger partial charge in [-0.1, -0.05) is 12.1 Å². The van der Waals surface area contributed by atoms with E-state index in [-0.39, 0.29) is 11.9 Å². The number of nitrogen functional groups attached to an aromatic ring is 1. The van der Waals surface area contributed by atoms with E-state index in [0.717, 1.165) is 18.5 Å². The first-order valence-electron chi connectivity index (χ1n) is 6.17. The number of carbonyl (C=O) groups is 1. The summed E-state index contributed by atoms with van der Waals surface area (Å²) >= 11 is 0. The third-order valence-corrected chi connectivity index (χ3v) is 2.76. The highest BCUT2D eigenvalue weighted by Crippen LogP contribution is 2.19. The molecule has 18 heavy (non-hydrogen) atoms. The molecule has 1 unspecified atom stereocenters. The van der Waals surface area contributed by atoms with Gasteiger partial charge in [0.15, 0.2) is 0 Å². The highest BCUT2D eigenvalue weighted by Gasteiger charge is 2.16. The molecule has 0 aliphatic carbocycles. The van der Waals surface area contributed by atoms with E-state index in [1.807, 2.05) is 39.2 Å². The van der Waals surface area contributed by atoms with E-state index >= 15 is 0 Å². The second-order valence-electron chi connectivity index (χ2n) is 4.72. The molecule has 0 spiro atoms. The quantitative estimate of drug-likeness (QED) is 0.476. The molecule has 0 aliphatic heterocycles. The highest BCUT2D eigenvalue weighted by molar-refractivity contribution is 5.78. The molecule has 0 heterocycles. The summed E-state index contributed by atoms with van der Waals surface area (Å²) in [5, 5.41) is 0. The third-order valence-electron chi connectivity index (χ3n) is 2.76. The van der Waals surface area contributed by atoms with Crippen molar-refractivity contribution in [2.75, 3.05) is 33.0 Å². The number of nitrogens with zero attached hydrogens (tertiary/aromatic N) is 1. The van der Waals surface area contributed by atoms with Crippen molar-refractivity contribution in [3.8, 4) is 0 Å². The van der Waals surface area contributed by atoms with Gasteiger partial charge in [0.05, 0.1) is 12.5 Å². The molecule has 0 fully saturated rings. The second kappa shape index (κ2) is 7.01. The number of anilines is 1. The van der Waals surface area contributed by atoms with Gasteiger partial charge in [-0.05, 0) is 45.1 Å². The lowest BCUT2D eigenvalue weighted by Gasteiger charge is -2.13. The number of benzene rings is 1. The van der Waals surface area contributed by atoms with Crippen LogP contribution < -0.4 is 5.73 Å². The summed E-state index contributed by atoms with van der Waals surface area (Å²) < 4.78 is 5.24. The van der Waals surface area contributed by atoms with Crippen LogP contribution in [0.2, 0.25) is 0 Å². The molecule has 0 radical (unpaired) electrons. The lowest BCUT2D eigenvalue weighted by Crippen LogP contribution is -2.18. The Bertz CT molecular complexity index is 391. The van der Waals surface area contributed by atoms with Crippen molar-refractivity contribution >= 4 is 11.7 Å². The zero-order valence-corrected chi connectivity index (χ0v) is 11.3. The summed E-state index contributed by atoms with van der Waals surface area (Å²) in [6.07, 6.45) is 0.850. The fourth-order valence-electron chi connectivity index (χ4n) is 1.64. The van der Waals surface area contributed by atoms with Crippen molar-refractivity contribution in [2.45, 2.75) is 19.3 Å². The normalized spacial score (nSPS) is 12.4. The Hall–Kier alpha value is -1.55. The zero-order valence-electron chi connectivity index (χ0n) is 11.3. The monoisotopic (exact) mass is 250 g/mol. The Morgan fingerprint density at radius 3 is 2.78 bits per heavy atom. The van der Waals surface area contributed by atoms with Crippen molar-refractivity contribution in [2.24, 2.45) is 0 Å². The minimum Gasteiger partial charge on any atom is -0.465 e. The molecule has 4 nitrogen and oxygen atoms in total. The Balaban J connectivity index is 2.42. The molecule has 0 aliphatic rings. The van der Waals surface area contributed by atoms with Crippen LogP contribution in [-0.2, 0) is 9.53 Å². The Labute approximate surface area is 109 Å². The SMILES string of the molecule is CC(C(=O)OCCCN(C)C)c1cccc(N)c1. The molecule has 1 atom stereocenters. The highest BCUT2D eigenvalue weighted by atomic mass is 16.5. The molecule has 100 valence electrons. The van der Waals surface area contributed by atoms with Gasteiger partial charge >= 0.3 is 5.97 Å². The first kappa shape index (κ1) is 14.5. The van der Waals surface area contributed by atoms with Gasteiger partial charge in [0.2, 0.25) is 0 Å². The molecule has 0 bridgehead atoms. The van der Waals surface area contributed by atoms with Crippen LogP contribution in [-0.4, -0.2) is 38.1 Å². The molecule has 0 saturated carbocycles. The van der Waals surface area contributed by atoms with E-state index in [1.165, 1.54) is 0 Å². The van der Waals surface area contributed by atoms with Gasteiger partial charge in [-0.3, -0.25) is 4.79 Å². The van der Waals surface area contributed by atoms with Gasteiger partial charge in [-0.15, -0.1) is 0 Å². The summed E-state index contributed by atoms with van der Waals surface area (Å²) in [5.41, 5.74) is 7.26. The summed E-state index contributed by atoms with van der Waals surface area (Å²) in [6.45, 7) is 3.21. The van der Waals surface area contributed by atoms with Crippen molar-refractivity contribution in [1.82, 2.24) is 4.90 Å². The first-order valence-corrected chi connectivity index (χ1v) is 6.17. The number of ether oxygens (including phenoxy) is 1. The van der Waals surface area contributed by atoms with Crippen molar-refractivity contribution < 1.29 is 9.53 Å². The average molecular weight is 250 g/mol. The fraction of sp³-hybridized carbons (Fsp3) is 0.500. The fourth-order valence-corrected chi connectivity index (χ4v) is 1.64. The van der Waals surface area contributed by atoms with Gasteiger partial charge in [-0.25, -0.2) is 0 Å². The molecule has 2 N–H and O–H groups in total. The molecule has 0 aromatic heterocycles. The predicted molar refractivity (Wildman–Crippen MR) is 73.4 cm³/mol. The van der Waals surface area contributed by atoms with Crippen LogP contribution in [0, 0.1) is 0 Å². The van der Waals surface area contributed by atoms with Gasteiger partial charge in [0.25, 0.3) is 0 Å². The molecule has 1 rings (SSSR count). The van der Waals surface area contributed by atoms with E-state index in [0.29, 0.717) is 12.3 Å². The summed E-state index contributed by atoms with van der Waals surface area (Å²) in [4.78, 5) is 13.9.